The number of methoxy groups -OCH3 is 1. The molecule has 0 saturated carbocycles. The Balaban J connectivity index is 1.64. The van der Waals surface area contributed by atoms with E-state index in [1.807, 2.05) is 42.1 Å². The predicted molar refractivity (Wildman–Crippen MR) is 96.8 cm³/mol. The number of aromatic nitrogens is 2. The van der Waals surface area contributed by atoms with Crippen LogP contribution in [0.2, 0.25) is 0 Å². The lowest BCUT2D eigenvalue weighted by atomic mass is 10.2. The van der Waals surface area contributed by atoms with E-state index >= 15 is 0 Å². The number of nitrogens with one attached hydrogen (secondary N) is 1. The molecule has 122 valence electrons. The molecule has 0 atom stereocenters. The summed E-state index contributed by atoms with van der Waals surface area (Å²) in [7, 11) is 1.56. The number of hydrogen-bond donors (Lipinski definition) is 1. The summed E-state index contributed by atoms with van der Waals surface area (Å²) < 4.78 is 7.51. The molecule has 1 aliphatic heterocycles. The van der Waals surface area contributed by atoms with Crippen molar-refractivity contribution in [2.75, 3.05) is 18.2 Å². The number of rotatable bonds is 3. The predicted octanol–water partition coefficient (Wildman–Crippen LogP) is 3.54. The van der Waals surface area contributed by atoms with Gasteiger partial charge in [0.25, 0.3) is 5.91 Å². The van der Waals surface area contributed by atoms with Gasteiger partial charge in [0.2, 0.25) is 0 Å². The third-order valence-corrected chi connectivity index (χ3v) is 5.06. The second kappa shape index (κ2) is 6.20. The van der Waals surface area contributed by atoms with E-state index in [9.17, 15) is 4.79 Å². The number of para-hydroxylation sites is 1. The first-order valence-electron chi connectivity index (χ1n) is 7.77. The molecule has 2 aromatic carbocycles. The monoisotopic (exact) mass is 339 g/mol. The molecule has 2 heterocycles. The number of anilines is 1. The molecule has 1 N–H and O–H groups in total. The molecule has 0 aliphatic carbocycles. The molecule has 5 nitrogen and oxygen atoms in total. The van der Waals surface area contributed by atoms with Crippen molar-refractivity contribution < 1.29 is 9.53 Å². The Morgan fingerprint density at radius 3 is 3.04 bits per heavy atom. The number of amides is 1. The Bertz CT molecular complexity index is 920. The second-order valence-corrected chi connectivity index (χ2v) is 6.70. The number of benzene rings is 2. The molecule has 3 aromatic rings. The Kier molecular flexibility index (Phi) is 3.90. The maximum absolute atomic E-state index is 12.5. The standard InChI is InChI=1S/C18H17N3O2S/c1-23-16-5-3-2-4-13(16)18(22)19-12-6-7-15-14(10-12)20-17-11-24-9-8-21(15)17/h2-7,10H,8-9,11H2,1H3,(H,19,22). The maximum Gasteiger partial charge on any atom is 0.259 e. The fourth-order valence-electron chi connectivity index (χ4n) is 2.97. The summed E-state index contributed by atoms with van der Waals surface area (Å²) in [6, 6.07) is 13.1. The molecule has 0 saturated heterocycles. The Morgan fingerprint density at radius 1 is 1.29 bits per heavy atom. The number of hydrogen-bond acceptors (Lipinski definition) is 4. The van der Waals surface area contributed by atoms with Crippen molar-refractivity contribution in [2.45, 2.75) is 12.3 Å². The van der Waals surface area contributed by atoms with Crippen molar-refractivity contribution >= 4 is 34.4 Å². The molecule has 0 spiro atoms. The van der Waals surface area contributed by atoms with E-state index in [-0.39, 0.29) is 5.91 Å². The van der Waals surface area contributed by atoms with E-state index in [2.05, 4.69) is 9.88 Å². The van der Waals surface area contributed by atoms with Gasteiger partial charge < -0.3 is 14.6 Å². The van der Waals surface area contributed by atoms with Gasteiger partial charge in [-0.2, -0.15) is 11.8 Å². The Labute approximate surface area is 144 Å². The first kappa shape index (κ1) is 15.1. The van der Waals surface area contributed by atoms with Gasteiger partial charge in [0, 0.05) is 18.0 Å². The average Bonchev–Trinajstić information content (AvgIpc) is 2.99. The molecule has 6 heteroatoms. The Hall–Kier alpha value is -2.47. The summed E-state index contributed by atoms with van der Waals surface area (Å²) in [6.07, 6.45) is 0. The highest BCUT2D eigenvalue weighted by atomic mass is 32.2. The summed E-state index contributed by atoms with van der Waals surface area (Å²) in [5, 5.41) is 2.93. The van der Waals surface area contributed by atoms with Crippen molar-refractivity contribution in [3.05, 3.63) is 53.9 Å². The number of carbonyl (C=O) groups is 1. The quantitative estimate of drug-likeness (QED) is 0.793. The van der Waals surface area contributed by atoms with E-state index in [4.69, 9.17) is 9.72 Å². The fourth-order valence-corrected chi connectivity index (χ4v) is 3.83. The van der Waals surface area contributed by atoms with Crippen LogP contribution >= 0.6 is 11.8 Å². The molecule has 1 aromatic heterocycles. The fraction of sp³-hybridized carbons (Fsp3) is 0.222. The number of fused-ring (bicyclic) bond motifs is 3. The van der Waals surface area contributed by atoms with Gasteiger partial charge in [0.05, 0.1) is 29.5 Å². The molecule has 1 aliphatic rings. The summed E-state index contributed by atoms with van der Waals surface area (Å²) in [4.78, 5) is 17.2. The highest BCUT2D eigenvalue weighted by molar-refractivity contribution is 7.98. The van der Waals surface area contributed by atoms with Gasteiger partial charge in [-0.1, -0.05) is 12.1 Å². The first-order chi connectivity index (χ1) is 11.8. The summed E-state index contributed by atoms with van der Waals surface area (Å²) in [5.41, 5.74) is 3.30. The minimum absolute atomic E-state index is 0.189. The largest absolute Gasteiger partial charge is 0.496 e. The van der Waals surface area contributed by atoms with Crippen LogP contribution in [0.25, 0.3) is 11.0 Å². The van der Waals surface area contributed by atoms with Crippen molar-refractivity contribution in [3.63, 3.8) is 0 Å². The molecule has 1 amide bonds. The average molecular weight is 339 g/mol. The molecule has 4 rings (SSSR count). The van der Waals surface area contributed by atoms with Crippen LogP contribution in [0.5, 0.6) is 5.75 Å². The zero-order valence-electron chi connectivity index (χ0n) is 13.3. The molecule has 0 fully saturated rings. The number of aryl methyl sites for hydroxylation is 1. The number of thioether (sulfide) groups is 1. The normalized spacial score (nSPS) is 13.5. The van der Waals surface area contributed by atoms with E-state index in [1.165, 1.54) is 0 Å². The van der Waals surface area contributed by atoms with E-state index in [1.54, 1.807) is 19.2 Å². The van der Waals surface area contributed by atoms with Crippen molar-refractivity contribution in [1.82, 2.24) is 9.55 Å². The summed E-state index contributed by atoms with van der Waals surface area (Å²) >= 11 is 1.90. The van der Waals surface area contributed by atoms with Crippen LogP contribution < -0.4 is 10.1 Å². The molecular weight excluding hydrogens is 322 g/mol. The van der Waals surface area contributed by atoms with Gasteiger partial charge >= 0.3 is 0 Å². The van der Waals surface area contributed by atoms with Crippen LogP contribution in [-0.4, -0.2) is 28.3 Å². The lowest BCUT2D eigenvalue weighted by Crippen LogP contribution is -2.13. The number of nitrogens with zero attached hydrogens (tertiary/aromatic N) is 2. The van der Waals surface area contributed by atoms with E-state index < -0.39 is 0 Å². The molecular formula is C18H17N3O2S. The van der Waals surface area contributed by atoms with Crippen LogP contribution in [0.3, 0.4) is 0 Å². The highest BCUT2D eigenvalue weighted by Gasteiger charge is 2.16. The highest BCUT2D eigenvalue weighted by Crippen LogP contribution is 2.27. The van der Waals surface area contributed by atoms with Crippen LogP contribution in [0.1, 0.15) is 16.2 Å². The topological polar surface area (TPSA) is 56.1 Å². The van der Waals surface area contributed by atoms with E-state index in [0.717, 1.165) is 40.6 Å². The summed E-state index contributed by atoms with van der Waals surface area (Å²) in [5.74, 6) is 3.54. The van der Waals surface area contributed by atoms with Crippen LogP contribution in [0.4, 0.5) is 5.69 Å². The van der Waals surface area contributed by atoms with Crippen molar-refractivity contribution in [1.29, 1.82) is 0 Å². The molecule has 24 heavy (non-hydrogen) atoms. The SMILES string of the molecule is COc1ccccc1C(=O)Nc1ccc2c(c1)nc1n2CCSC1. The first-order valence-corrected chi connectivity index (χ1v) is 8.93. The van der Waals surface area contributed by atoms with Crippen LogP contribution in [0, 0.1) is 0 Å². The minimum Gasteiger partial charge on any atom is -0.496 e. The van der Waals surface area contributed by atoms with Crippen molar-refractivity contribution in [3.8, 4) is 5.75 Å². The van der Waals surface area contributed by atoms with Gasteiger partial charge in [-0.05, 0) is 30.3 Å². The lowest BCUT2D eigenvalue weighted by Gasteiger charge is -2.13. The lowest BCUT2D eigenvalue weighted by molar-refractivity contribution is 0.102. The zero-order valence-corrected chi connectivity index (χ0v) is 14.1. The number of ether oxygens (including phenoxy) is 1. The molecule has 0 unspecified atom stereocenters. The van der Waals surface area contributed by atoms with Gasteiger partial charge in [-0.25, -0.2) is 4.98 Å². The third-order valence-electron chi connectivity index (χ3n) is 4.13. The molecule has 0 bridgehead atoms. The second-order valence-electron chi connectivity index (χ2n) is 5.59. The number of carbonyl (C=O) groups excluding carboxylic acids is 1. The van der Waals surface area contributed by atoms with Gasteiger partial charge in [0.1, 0.15) is 11.6 Å². The summed E-state index contributed by atoms with van der Waals surface area (Å²) in [6.45, 7) is 0.990. The Morgan fingerprint density at radius 2 is 2.17 bits per heavy atom. The van der Waals surface area contributed by atoms with Gasteiger partial charge in [-0.15, -0.1) is 0 Å². The van der Waals surface area contributed by atoms with Crippen LogP contribution in [-0.2, 0) is 12.3 Å². The smallest absolute Gasteiger partial charge is 0.259 e. The number of imidazole rings is 1. The van der Waals surface area contributed by atoms with Crippen molar-refractivity contribution in [2.24, 2.45) is 0 Å². The van der Waals surface area contributed by atoms with E-state index in [0.29, 0.717) is 11.3 Å². The van der Waals surface area contributed by atoms with Gasteiger partial charge in [0.15, 0.2) is 0 Å². The minimum atomic E-state index is -0.189. The zero-order chi connectivity index (χ0) is 16.5. The third kappa shape index (κ3) is 2.63. The maximum atomic E-state index is 12.5. The molecule has 0 radical (unpaired) electrons. The van der Waals surface area contributed by atoms with Gasteiger partial charge in [-0.3, -0.25) is 4.79 Å². The van der Waals surface area contributed by atoms with Crippen LogP contribution in [0.15, 0.2) is 42.5 Å².